The molecular formula is C28H27N3O5. The van der Waals surface area contributed by atoms with Gasteiger partial charge in [-0.3, -0.25) is 14.5 Å². The first-order valence-electron chi connectivity index (χ1n) is 12.3. The summed E-state index contributed by atoms with van der Waals surface area (Å²) in [6, 6.07) is 18.6. The lowest BCUT2D eigenvalue weighted by Gasteiger charge is -2.28. The number of likely N-dealkylation sites (tertiary alicyclic amines) is 1. The van der Waals surface area contributed by atoms with Crippen LogP contribution < -0.4 is 14.8 Å². The van der Waals surface area contributed by atoms with Crippen molar-refractivity contribution in [2.24, 2.45) is 0 Å². The molecule has 0 aromatic heterocycles. The predicted molar refractivity (Wildman–Crippen MR) is 133 cm³/mol. The van der Waals surface area contributed by atoms with Crippen LogP contribution in [-0.4, -0.2) is 53.9 Å². The molecule has 3 aromatic rings. The number of fused-ring (bicyclic) bond motifs is 2. The maximum Gasteiger partial charge on any atom is 0.325 e. The molecule has 184 valence electrons. The van der Waals surface area contributed by atoms with Crippen molar-refractivity contribution in [2.75, 3.05) is 26.3 Å². The van der Waals surface area contributed by atoms with Crippen molar-refractivity contribution in [3.05, 3.63) is 71.8 Å². The van der Waals surface area contributed by atoms with E-state index in [0.717, 1.165) is 34.1 Å². The van der Waals surface area contributed by atoms with Gasteiger partial charge >= 0.3 is 6.03 Å². The lowest BCUT2D eigenvalue weighted by Crippen LogP contribution is -2.44. The maximum absolute atomic E-state index is 13.5. The number of hydrogen-bond donors (Lipinski definition) is 1. The molecule has 0 unspecified atom stereocenters. The van der Waals surface area contributed by atoms with Crippen molar-refractivity contribution in [1.29, 1.82) is 0 Å². The van der Waals surface area contributed by atoms with Gasteiger partial charge in [-0.25, -0.2) is 4.79 Å². The summed E-state index contributed by atoms with van der Waals surface area (Å²) in [7, 11) is 0. The molecule has 3 aliphatic heterocycles. The maximum atomic E-state index is 13.5. The van der Waals surface area contributed by atoms with E-state index < -0.39 is 17.5 Å². The minimum Gasteiger partial charge on any atom is -0.486 e. The van der Waals surface area contributed by atoms with Gasteiger partial charge in [0.05, 0.1) is 6.04 Å². The smallest absolute Gasteiger partial charge is 0.325 e. The Bertz CT molecular complexity index is 1390. The van der Waals surface area contributed by atoms with Crippen LogP contribution in [0.15, 0.2) is 60.7 Å². The third kappa shape index (κ3) is 3.64. The van der Waals surface area contributed by atoms with E-state index in [1.165, 1.54) is 0 Å². The Labute approximate surface area is 208 Å². The first-order valence-corrected chi connectivity index (χ1v) is 12.3. The van der Waals surface area contributed by atoms with E-state index in [9.17, 15) is 14.4 Å². The van der Waals surface area contributed by atoms with Gasteiger partial charge in [-0.1, -0.05) is 42.5 Å². The zero-order chi connectivity index (χ0) is 24.9. The summed E-state index contributed by atoms with van der Waals surface area (Å²) >= 11 is 0. The van der Waals surface area contributed by atoms with Crippen molar-refractivity contribution >= 4 is 28.6 Å². The van der Waals surface area contributed by atoms with Gasteiger partial charge in [0.1, 0.15) is 25.3 Å². The quantitative estimate of drug-likeness (QED) is 0.569. The van der Waals surface area contributed by atoms with Gasteiger partial charge < -0.3 is 19.7 Å². The second-order valence-corrected chi connectivity index (χ2v) is 9.66. The van der Waals surface area contributed by atoms with Gasteiger partial charge in [0.25, 0.3) is 5.91 Å². The number of nitrogens with one attached hydrogen (secondary N) is 1. The van der Waals surface area contributed by atoms with Crippen LogP contribution in [0.2, 0.25) is 0 Å². The SMILES string of the molecule is C[C@@]1(c2ccc3ccccc3c2)NC(=O)N(CC(=O)N2CCC[C@H]2c2ccc3c(c2)OCCO3)C1=O. The zero-order valence-corrected chi connectivity index (χ0v) is 20.0. The summed E-state index contributed by atoms with van der Waals surface area (Å²) in [5.74, 6) is 0.705. The molecule has 36 heavy (non-hydrogen) atoms. The lowest BCUT2D eigenvalue weighted by atomic mass is 9.90. The van der Waals surface area contributed by atoms with Crippen molar-refractivity contribution in [3.63, 3.8) is 0 Å². The van der Waals surface area contributed by atoms with E-state index in [0.29, 0.717) is 36.8 Å². The van der Waals surface area contributed by atoms with Gasteiger partial charge in [-0.05, 0) is 59.9 Å². The number of imide groups is 1. The number of amides is 4. The van der Waals surface area contributed by atoms with Crippen LogP contribution in [0.3, 0.4) is 0 Å². The molecular weight excluding hydrogens is 458 g/mol. The van der Waals surface area contributed by atoms with E-state index in [-0.39, 0.29) is 18.5 Å². The molecule has 3 aromatic carbocycles. The molecule has 0 aliphatic carbocycles. The third-order valence-corrected chi connectivity index (χ3v) is 7.42. The molecule has 4 amide bonds. The van der Waals surface area contributed by atoms with Crippen molar-refractivity contribution < 1.29 is 23.9 Å². The first kappa shape index (κ1) is 22.4. The number of nitrogens with zero attached hydrogens (tertiary/aromatic N) is 2. The van der Waals surface area contributed by atoms with E-state index in [4.69, 9.17) is 9.47 Å². The molecule has 2 fully saturated rings. The lowest BCUT2D eigenvalue weighted by molar-refractivity contribution is -0.139. The summed E-state index contributed by atoms with van der Waals surface area (Å²) in [5.41, 5.74) is 0.412. The number of ether oxygens (including phenoxy) is 2. The Morgan fingerprint density at radius 2 is 1.78 bits per heavy atom. The largest absolute Gasteiger partial charge is 0.486 e. The molecule has 2 saturated heterocycles. The number of hydrogen-bond acceptors (Lipinski definition) is 5. The standard InChI is InChI=1S/C28H27N3O5/c1-28(21-10-8-18-5-2-3-6-19(18)15-21)26(33)31(27(34)29-28)17-25(32)30-12-4-7-22(30)20-9-11-23-24(16-20)36-14-13-35-23/h2-3,5-6,8-11,15-16,22H,4,7,12-14,17H2,1H3,(H,29,34)/t22-,28-/m0/s1. The summed E-state index contributed by atoms with van der Waals surface area (Å²) in [4.78, 5) is 42.6. The average Bonchev–Trinajstić information content (AvgIpc) is 3.48. The summed E-state index contributed by atoms with van der Waals surface area (Å²) in [6.07, 6.45) is 1.65. The van der Waals surface area contributed by atoms with Crippen molar-refractivity contribution in [2.45, 2.75) is 31.3 Å². The van der Waals surface area contributed by atoms with E-state index in [1.807, 2.05) is 60.7 Å². The molecule has 3 aliphatic rings. The fourth-order valence-corrected chi connectivity index (χ4v) is 5.44. The van der Waals surface area contributed by atoms with E-state index >= 15 is 0 Å². The number of urea groups is 1. The summed E-state index contributed by atoms with van der Waals surface area (Å²) in [5, 5.41) is 4.85. The van der Waals surface area contributed by atoms with E-state index in [1.54, 1.807) is 11.8 Å². The molecule has 8 heteroatoms. The second kappa shape index (κ2) is 8.55. The van der Waals surface area contributed by atoms with Gasteiger partial charge in [-0.2, -0.15) is 0 Å². The van der Waals surface area contributed by atoms with Crippen LogP contribution in [0.5, 0.6) is 11.5 Å². The van der Waals surface area contributed by atoms with Crippen LogP contribution in [0, 0.1) is 0 Å². The predicted octanol–water partition coefficient (Wildman–Crippen LogP) is 3.74. The molecule has 0 spiro atoms. The highest BCUT2D eigenvalue weighted by Crippen LogP contribution is 2.38. The molecule has 8 nitrogen and oxygen atoms in total. The minimum atomic E-state index is -1.23. The van der Waals surface area contributed by atoms with Crippen LogP contribution in [0.25, 0.3) is 10.8 Å². The molecule has 0 bridgehead atoms. The highest BCUT2D eigenvalue weighted by Gasteiger charge is 2.50. The third-order valence-electron chi connectivity index (χ3n) is 7.42. The molecule has 2 atom stereocenters. The minimum absolute atomic E-state index is 0.138. The van der Waals surface area contributed by atoms with Gasteiger partial charge in [-0.15, -0.1) is 0 Å². The average molecular weight is 486 g/mol. The van der Waals surface area contributed by atoms with Crippen LogP contribution in [0.1, 0.15) is 36.9 Å². The number of rotatable bonds is 4. The fourth-order valence-electron chi connectivity index (χ4n) is 5.44. The Hall–Kier alpha value is -4.07. The molecule has 0 saturated carbocycles. The van der Waals surface area contributed by atoms with Crippen molar-refractivity contribution in [1.82, 2.24) is 15.1 Å². The second-order valence-electron chi connectivity index (χ2n) is 9.66. The number of carbonyl (C=O) groups excluding carboxylic acids is 3. The monoisotopic (exact) mass is 485 g/mol. The Kier molecular flexibility index (Phi) is 5.32. The van der Waals surface area contributed by atoms with Gasteiger partial charge in [0.2, 0.25) is 5.91 Å². The molecule has 3 heterocycles. The summed E-state index contributed by atoms with van der Waals surface area (Å²) in [6.45, 7) is 2.98. The topological polar surface area (TPSA) is 88.2 Å². The highest BCUT2D eigenvalue weighted by molar-refractivity contribution is 6.09. The highest BCUT2D eigenvalue weighted by atomic mass is 16.6. The van der Waals surface area contributed by atoms with Crippen molar-refractivity contribution in [3.8, 4) is 11.5 Å². The molecule has 1 N–H and O–H groups in total. The molecule has 0 radical (unpaired) electrons. The van der Waals surface area contributed by atoms with Gasteiger partial charge in [0.15, 0.2) is 11.5 Å². The van der Waals surface area contributed by atoms with Gasteiger partial charge in [0, 0.05) is 6.54 Å². The van der Waals surface area contributed by atoms with Crippen LogP contribution in [-0.2, 0) is 15.1 Å². The van der Waals surface area contributed by atoms with Crippen LogP contribution >= 0.6 is 0 Å². The number of carbonyl (C=O) groups is 3. The normalized spacial score (nSPS) is 23.3. The Morgan fingerprint density at radius 1 is 1.00 bits per heavy atom. The Morgan fingerprint density at radius 3 is 2.61 bits per heavy atom. The Balaban J connectivity index is 1.21. The first-order chi connectivity index (χ1) is 17.4. The number of benzene rings is 3. The fraction of sp³-hybridized carbons (Fsp3) is 0.321. The van der Waals surface area contributed by atoms with Crippen LogP contribution in [0.4, 0.5) is 4.79 Å². The van der Waals surface area contributed by atoms with E-state index in [2.05, 4.69) is 5.32 Å². The zero-order valence-electron chi connectivity index (χ0n) is 20.0. The summed E-state index contributed by atoms with van der Waals surface area (Å²) < 4.78 is 11.3. The molecule has 6 rings (SSSR count).